The van der Waals surface area contributed by atoms with Gasteiger partial charge in [-0.25, -0.2) is 4.79 Å². The summed E-state index contributed by atoms with van der Waals surface area (Å²) in [5.41, 5.74) is -10.4. The van der Waals surface area contributed by atoms with Gasteiger partial charge in [-0.1, -0.05) is 48.5 Å². The molecule has 228 valence electrons. The second kappa shape index (κ2) is 11.0. The molecule has 14 heteroatoms. The summed E-state index contributed by atoms with van der Waals surface area (Å²) in [6.45, 7) is 0. The minimum absolute atomic E-state index is 0.369. The summed E-state index contributed by atoms with van der Waals surface area (Å²) in [5, 5.41) is 39.5. The third-order valence-electron chi connectivity index (χ3n) is 7.06. The highest BCUT2D eigenvalue weighted by Crippen LogP contribution is 2.51. The lowest BCUT2D eigenvalue weighted by atomic mass is 9.66. The average Bonchev–Trinajstić information content (AvgIpc) is 2.94. The molecular weight excluding hydrogens is 602 g/mol. The van der Waals surface area contributed by atoms with Crippen LogP contribution in [0.5, 0.6) is 0 Å². The molecule has 0 aliphatic heterocycles. The number of aromatic carboxylic acids is 1. The number of halogens is 6. The van der Waals surface area contributed by atoms with Gasteiger partial charge in [0.05, 0.1) is 16.7 Å². The molecule has 1 unspecified atom stereocenters. The van der Waals surface area contributed by atoms with E-state index in [-0.39, 0.29) is 0 Å². The summed E-state index contributed by atoms with van der Waals surface area (Å²) >= 11 is 0. The summed E-state index contributed by atoms with van der Waals surface area (Å²) in [6.07, 6.45) is -9.24. The zero-order valence-corrected chi connectivity index (χ0v) is 21.8. The van der Waals surface area contributed by atoms with Gasteiger partial charge in [-0.05, 0) is 63.7 Å². The molecule has 0 aromatic heterocycles. The molecule has 44 heavy (non-hydrogen) atoms. The maximum atomic E-state index is 14.1. The van der Waals surface area contributed by atoms with Crippen LogP contribution in [-0.4, -0.2) is 44.3 Å². The Hall–Kier alpha value is -5.40. The van der Waals surface area contributed by atoms with Gasteiger partial charge in [-0.15, -0.1) is 0 Å². The van der Waals surface area contributed by atoms with E-state index in [2.05, 4.69) is 0 Å². The first-order valence-corrected chi connectivity index (χ1v) is 12.3. The molecule has 3 aromatic rings. The number of rotatable bonds is 7. The van der Waals surface area contributed by atoms with Crippen LogP contribution >= 0.6 is 0 Å². The van der Waals surface area contributed by atoms with Crippen molar-refractivity contribution in [1.29, 1.82) is 0 Å². The number of hydrogen-bond acceptors (Lipinski definition) is 4. The van der Waals surface area contributed by atoms with Gasteiger partial charge in [-0.2, -0.15) is 26.3 Å². The number of benzene rings is 3. The van der Waals surface area contributed by atoms with Gasteiger partial charge in [-0.3, -0.25) is 14.4 Å². The Bertz CT molecular complexity index is 1750. The van der Waals surface area contributed by atoms with E-state index in [1.807, 2.05) is 0 Å². The van der Waals surface area contributed by atoms with Gasteiger partial charge in [0.15, 0.2) is 5.41 Å². The maximum Gasteiger partial charge on any atom is 0.417 e. The Labute approximate surface area is 242 Å². The van der Waals surface area contributed by atoms with Crippen molar-refractivity contribution in [2.24, 2.45) is 11.3 Å². The van der Waals surface area contributed by atoms with Gasteiger partial charge in [0.25, 0.3) is 0 Å². The number of allylic oxidation sites excluding steroid dienone is 2. The van der Waals surface area contributed by atoms with E-state index in [4.69, 9.17) is 0 Å². The van der Waals surface area contributed by atoms with Crippen LogP contribution in [0.3, 0.4) is 0 Å². The summed E-state index contributed by atoms with van der Waals surface area (Å²) < 4.78 is 84.6. The quantitative estimate of drug-likeness (QED) is 0.175. The highest BCUT2D eigenvalue weighted by Gasteiger charge is 2.57. The van der Waals surface area contributed by atoms with Gasteiger partial charge >= 0.3 is 36.2 Å². The molecule has 0 saturated carbocycles. The third-order valence-corrected chi connectivity index (χ3v) is 7.06. The van der Waals surface area contributed by atoms with Crippen molar-refractivity contribution in [2.75, 3.05) is 0 Å². The maximum absolute atomic E-state index is 14.1. The van der Waals surface area contributed by atoms with Crippen molar-refractivity contribution in [3.05, 3.63) is 107 Å². The number of hydrogen-bond donors (Lipinski definition) is 4. The second-order valence-electron chi connectivity index (χ2n) is 9.59. The van der Waals surface area contributed by atoms with Crippen molar-refractivity contribution in [3.63, 3.8) is 0 Å². The van der Waals surface area contributed by atoms with Crippen molar-refractivity contribution < 1.29 is 65.9 Å². The number of alkyl halides is 6. The van der Waals surface area contributed by atoms with Crippen LogP contribution in [-0.2, 0) is 26.7 Å². The smallest absolute Gasteiger partial charge is 0.417 e. The monoisotopic (exact) mass is 620 g/mol. The predicted octanol–water partition coefficient (Wildman–Crippen LogP) is 6.43. The zero-order valence-electron chi connectivity index (χ0n) is 21.8. The number of carboxylic acids is 4. The highest BCUT2D eigenvalue weighted by atomic mass is 19.4. The molecule has 0 bridgehead atoms. The Morgan fingerprint density at radius 1 is 0.614 bits per heavy atom. The predicted molar refractivity (Wildman–Crippen MR) is 140 cm³/mol. The van der Waals surface area contributed by atoms with Crippen molar-refractivity contribution in [2.45, 2.75) is 12.4 Å². The number of carbonyl (C=O) groups is 4. The summed E-state index contributed by atoms with van der Waals surface area (Å²) in [6, 6.07) is 9.93. The van der Waals surface area contributed by atoms with Crippen LogP contribution in [0.2, 0.25) is 0 Å². The molecule has 0 radical (unpaired) electrons. The molecule has 1 aliphatic carbocycles. The Morgan fingerprint density at radius 2 is 1.11 bits per heavy atom. The van der Waals surface area contributed by atoms with E-state index in [9.17, 15) is 65.9 Å². The zero-order chi connectivity index (χ0) is 32.8. The van der Waals surface area contributed by atoms with E-state index in [1.165, 1.54) is 0 Å². The van der Waals surface area contributed by atoms with E-state index in [0.29, 0.717) is 24.3 Å². The lowest BCUT2D eigenvalue weighted by Gasteiger charge is -2.34. The van der Waals surface area contributed by atoms with Crippen molar-refractivity contribution in [3.8, 4) is 11.1 Å². The van der Waals surface area contributed by atoms with Crippen LogP contribution in [0.1, 0.15) is 32.6 Å². The fraction of sp³-hybridized carbons (Fsp3) is 0.133. The first kappa shape index (κ1) is 31.5. The lowest BCUT2D eigenvalue weighted by Crippen LogP contribution is -2.48. The molecule has 0 fully saturated rings. The van der Waals surface area contributed by atoms with Gasteiger partial charge in [0, 0.05) is 0 Å². The fourth-order valence-corrected chi connectivity index (χ4v) is 5.05. The highest BCUT2D eigenvalue weighted by molar-refractivity contribution is 6.17. The summed E-state index contributed by atoms with van der Waals surface area (Å²) in [5.74, 6) is -10.6. The Kier molecular flexibility index (Phi) is 7.90. The average molecular weight is 620 g/mol. The molecule has 4 rings (SSSR count). The molecule has 4 N–H and O–H groups in total. The van der Waals surface area contributed by atoms with Crippen molar-refractivity contribution in [1.82, 2.24) is 0 Å². The summed E-state index contributed by atoms with van der Waals surface area (Å²) in [7, 11) is 0. The molecular formula is C30H18F6O8. The Balaban J connectivity index is 2.22. The van der Waals surface area contributed by atoms with E-state index in [1.54, 1.807) is 0 Å². The SMILES string of the molecule is O=C(O)c1ccc(C2=CC(C(=O)O)(C(=O)O)C(C(=O)O)C=C2c2ccccc2C(F)(F)F)c(-c2ccccc2C(F)(F)F)c1. The molecule has 0 saturated heterocycles. The molecule has 0 spiro atoms. The van der Waals surface area contributed by atoms with E-state index in [0.717, 1.165) is 54.6 Å². The molecule has 1 aliphatic rings. The third kappa shape index (κ3) is 5.41. The van der Waals surface area contributed by atoms with E-state index < -0.39 is 97.7 Å². The van der Waals surface area contributed by atoms with Gasteiger partial charge < -0.3 is 20.4 Å². The van der Waals surface area contributed by atoms with Gasteiger partial charge in [0.1, 0.15) is 5.92 Å². The fourth-order valence-electron chi connectivity index (χ4n) is 5.05. The Morgan fingerprint density at radius 3 is 1.59 bits per heavy atom. The lowest BCUT2D eigenvalue weighted by molar-refractivity contribution is -0.169. The number of aliphatic carboxylic acids is 3. The molecule has 3 aromatic carbocycles. The van der Waals surface area contributed by atoms with Gasteiger partial charge in [0.2, 0.25) is 0 Å². The first-order valence-electron chi connectivity index (χ1n) is 12.3. The van der Waals surface area contributed by atoms with Crippen LogP contribution in [0, 0.1) is 11.3 Å². The van der Waals surface area contributed by atoms with Crippen molar-refractivity contribution >= 4 is 35.0 Å². The van der Waals surface area contributed by atoms with Crippen LogP contribution in [0.4, 0.5) is 26.3 Å². The standard InChI is InChI=1S/C30H18F6O8/c31-29(32,33)21-7-3-1-5-16(21)18-11-14(24(37)38)9-10-15(18)20-13-28(26(41)42,27(43)44)23(25(39)40)12-19(20)17-6-2-4-8-22(17)30(34,35)36/h1-13,23H,(H,37,38)(H,39,40)(H,41,42)(H,43,44). The first-order chi connectivity index (χ1) is 20.4. The van der Waals surface area contributed by atoms with Crippen LogP contribution in [0.25, 0.3) is 22.3 Å². The normalized spacial score (nSPS) is 16.5. The number of carboxylic acid groups (broad SMARTS) is 4. The molecule has 1 atom stereocenters. The molecule has 0 amide bonds. The molecule has 8 nitrogen and oxygen atoms in total. The largest absolute Gasteiger partial charge is 0.481 e. The minimum atomic E-state index is -5.08. The van der Waals surface area contributed by atoms with Crippen LogP contribution in [0.15, 0.2) is 78.9 Å². The molecule has 0 heterocycles. The van der Waals surface area contributed by atoms with Crippen LogP contribution < -0.4 is 0 Å². The van der Waals surface area contributed by atoms with E-state index >= 15 is 0 Å². The topological polar surface area (TPSA) is 149 Å². The second-order valence-corrected chi connectivity index (χ2v) is 9.59. The minimum Gasteiger partial charge on any atom is -0.481 e. The summed E-state index contributed by atoms with van der Waals surface area (Å²) in [4.78, 5) is 48.9.